The molecule has 13 nitrogen and oxygen atoms in total. The number of hydrogen-bond donors (Lipinski definition) is 4. The monoisotopic (exact) mass is 791 g/mol. The Morgan fingerprint density at radius 2 is 1.58 bits per heavy atom. The zero-order valence-electron chi connectivity index (χ0n) is 32.4. The summed E-state index contributed by atoms with van der Waals surface area (Å²) in [5.74, 6) is -0.133. The smallest absolute Gasteiger partial charge is 0.407 e. The van der Waals surface area contributed by atoms with Crippen LogP contribution in [0.15, 0.2) is 77.8 Å². The first-order valence-electron chi connectivity index (χ1n) is 18.4. The molecule has 0 aliphatic heterocycles. The Balaban J connectivity index is 1.49. The number of nitrogens with one attached hydrogen (secondary N) is 4. The van der Waals surface area contributed by atoms with Gasteiger partial charge in [-0.2, -0.15) is 0 Å². The molecule has 0 aliphatic rings. The molecule has 0 fully saturated rings. The lowest BCUT2D eigenvalue weighted by atomic mass is 9.95. The Labute approximate surface area is 331 Å². The van der Waals surface area contributed by atoms with E-state index in [9.17, 15) is 19.2 Å². The number of aromatic nitrogens is 2. The van der Waals surface area contributed by atoms with Crippen LogP contribution in [0.25, 0.3) is 0 Å². The zero-order valence-corrected chi connectivity index (χ0v) is 34.0. The number of nitrogens with zero attached hydrogens (tertiary/aromatic N) is 3. The maximum atomic E-state index is 14.1. The summed E-state index contributed by atoms with van der Waals surface area (Å²) in [6.45, 7) is 9.88. The largest absolute Gasteiger partial charge is 0.444 e. The lowest BCUT2D eigenvalue weighted by molar-refractivity contribution is -0.123. The quantitative estimate of drug-likeness (QED) is 0.0815. The second kappa shape index (κ2) is 21.2. The molecule has 3 atom stereocenters. The van der Waals surface area contributed by atoms with E-state index in [-0.39, 0.29) is 38.1 Å². The molecular weight excluding hydrogens is 739 g/mol. The summed E-state index contributed by atoms with van der Waals surface area (Å²) in [6.07, 6.45) is 2.05. The third-order valence-corrected chi connectivity index (χ3v) is 10.3. The Hall–Kier alpha value is -5.02. The average Bonchev–Trinajstić information content (AvgIpc) is 3.85. The highest BCUT2D eigenvalue weighted by Gasteiger charge is 2.27. The molecule has 55 heavy (non-hydrogen) atoms. The number of urea groups is 1. The second-order valence-corrected chi connectivity index (χ2v) is 16.4. The first-order valence-corrected chi connectivity index (χ1v) is 20.1. The third kappa shape index (κ3) is 15.3. The topological polar surface area (TPSA) is 164 Å². The molecule has 4 N–H and O–H groups in total. The van der Waals surface area contributed by atoms with Crippen LogP contribution in [0.5, 0.6) is 0 Å². The molecule has 0 radical (unpaired) electrons. The molecule has 2 aromatic heterocycles. The Morgan fingerprint density at radius 3 is 2.22 bits per heavy atom. The van der Waals surface area contributed by atoms with Gasteiger partial charge in [-0.3, -0.25) is 9.78 Å². The number of rotatable bonds is 18. The number of ether oxygens (including phenoxy) is 2. The van der Waals surface area contributed by atoms with Gasteiger partial charge in [0.25, 0.3) is 0 Å². The van der Waals surface area contributed by atoms with Gasteiger partial charge in [0, 0.05) is 37.1 Å². The van der Waals surface area contributed by atoms with Crippen molar-refractivity contribution in [2.75, 3.05) is 13.6 Å². The van der Waals surface area contributed by atoms with Crippen molar-refractivity contribution in [2.45, 2.75) is 103 Å². The first-order chi connectivity index (χ1) is 26.3. The second-order valence-electron chi connectivity index (χ2n) is 14.5. The minimum absolute atomic E-state index is 0.0772. The van der Waals surface area contributed by atoms with Crippen LogP contribution in [0.3, 0.4) is 0 Å². The Kier molecular flexibility index (Phi) is 16.4. The lowest BCUT2D eigenvalue weighted by Gasteiger charge is -2.27. The number of carbonyl (C=O) groups is 4. The normalized spacial score (nSPS) is 12.9. The predicted molar refractivity (Wildman–Crippen MR) is 215 cm³/mol. The number of carbonyl (C=O) groups excluding carboxylic acids is 4. The van der Waals surface area contributed by atoms with Crippen LogP contribution in [0, 0.1) is 0 Å². The minimum atomic E-state index is -0.991. The van der Waals surface area contributed by atoms with Gasteiger partial charge in [0.15, 0.2) is 0 Å². The van der Waals surface area contributed by atoms with E-state index in [4.69, 9.17) is 9.47 Å². The fourth-order valence-corrected chi connectivity index (χ4v) is 6.90. The summed E-state index contributed by atoms with van der Waals surface area (Å²) in [5, 5.41) is 14.7. The van der Waals surface area contributed by atoms with Crippen molar-refractivity contribution in [1.82, 2.24) is 36.1 Å². The number of alkyl carbamates (subject to hydrolysis) is 2. The van der Waals surface area contributed by atoms with E-state index < -0.39 is 41.8 Å². The molecule has 2 aromatic carbocycles. The van der Waals surface area contributed by atoms with Crippen molar-refractivity contribution in [2.24, 2.45) is 0 Å². The molecule has 5 amide bonds. The van der Waals surface area contributed by atoms with Gasteiger partial charge in [0.05, 0.1) is 33.7 Å². The molecule has 296 valence electrons. The van der Waals surface area contributed by atoms with Crippen molar-refractivity contribution < 1.29 is 28.7 Å². The number of thiazole rings is 2. The summed E-state index contributed by atoms with van der Waals surface area (Å²) >= 11 is 2.95. The molecule has 15 heteroatoms. The predicted octanol–water partition coefficient (Wildman–Crippen LogP) is 7.32. The van der Waals surface area contributed by atoms with Crippen LogP contribution >= 0.6 is 22.7 Å². The van der Waals surface area contributed by atoms with E-state index >= 15 is 0 Å². The van der Waals surface area contributed by atoms with Crippen molar-refractivity contribution >= 4 is 46.8 Å². The number of benzene rings is 2. The van der Waals surface area contributed by atoms with E-state index in [1.165, 1.54) is 16.2 Å². The van der Waals surface area contributed by atoms with Crippen molar-refractivity contribution in [3.63, 3.8) is 0 Å². The van der Waals surface area contributed by atoms with E-state index in [1.54, 1.807) is 50.9 Å². The highest BCUT2D eigenvalue weighted by Crippen LogP contribution is 2.22. The van der Waals surface area contributed by atoms with Crippen molar-refractivity contribution in [1.29, 1.82) is 0 Å². The average molecular weight is 792 g/mol. The van der Waals surface area contributed by atoms with Gasteiger partial charge in [-0.15, -0.1) is 22.7 Å². The molecule has 0 aliphatic carbocycles. The maximum Gasteiger partial charge on any atom is 0.407 e. The molecular formula is C40H53N7O6S2. The van der Waals surface area contributed by atoms with E-state index in [0.29, 0.717) is 19.3 Å². The summed E-state index contributed by atoms with van der Waals surface area (Å²) in [4.78, 5) is 64.0. The van der Waals surface area contributed by atoms with Crippen molar-refractivity contribution in [3.05, 3.63) is 104 Å². The van der Waals surface area contributed by atoms with Gasteiger partial charge in [0.2, 0.25) is 5.91 Å². The van der Waals surface area contributed by atoms with Crippen LogP contribution in [0.2, 0.25) is 0 Å². The van der Waals surface area contributed by atoms with Crippen molar-refractivity contribution in [3.8, 4) is 0 Å². The van der Waals surface area contributed by atoms with E-state index in [2.05, 4.69) is 45.1 Å². The van der Waals surface area contributed by atoms with Crippen LogP contribution < -0.4 is 21.3 Å². The summed E-state index contributed by atoms with van der Waals surface area (Å²) in [5.41, 5.74) is 3.65. The van der Waals surface area contributed by atoms with Crippen LogP contribution in [0.4, 0.5) is 14.4 Å². The highest BCUT2D eigenvalue weighted by molar-refractivity contribution is 7.09. The fourth-order valence-electron chi connectivity index (χ4n) is 5.57. The zero-order chi connectivity index (χ0) is 39.8. The Morgan fingerprint density at radius 1 is 0.873 bits per heavy atom. The first kappa shape index (κ1) is 42.7. The molecule has 4 rings (SSSR count). The maximum absolute atomic E-state index is 14.1. The highest BCUT2D eigenvalue weighted by atomic mass is 32.1. The van der Waals surface area contributed by atoms with E-state index in [0.717, 1.165) is 26.7 Å². The minimum Gasteiger partial charge on any atom is -0.444 e. The molecule has 0 bridgehead atoms. The van der Waals surface area contributed by atoms with Gasteiger partial charge in [-0.25, -0.2) is 19.4 Å². The van der Waals surface area contributed by atoms with Gasteiger partial charge in [-0.1, -0.05) is 74.5 Å². The third-order valence-electron chi connectivity index (χ3n) is 8.32. The molecule has 1 unspecified atom stereocenters. The molecule has 0 saturated carbocycles. The number of hydrogen-bond acceptors (Lipinski definition) is 10. The van der Waals surface area contributed by atoms with E-state index in [1.807, 2.05) is 66.0 Å². The number of amides is 5. The van der Waals surface area contributed by atoms with Gasteiger partial charge in [0.1, 0.15) is 18.2 Å². The summed E-state index contributed by atoms with van der Waals surface area (Å²) in [7, 11) is 1.65. The van der Waals surface area contributed by atoms with Crippen LogP contribution in [0.1, 0.15) is 92.5 Å². The van der Waals surface area contributed by atoms with Gasteiger partial charge in [-0.05, 0) is 57.6 Å². The van der Waals surface area contributed by atoms with Crippen LogP contribution in [-0.4, -0.2) is 70.3 Å². The van der Waals surface area contributed by atoms with Gasteiger partial charge < -0.3 is 35.6 Å². The standard InChI is InChI=1S/C40H53N7O6S2/c1-27(2)36-44-31(25-54-36)23-47(6)37(49)45-34(19-20-42-38(50)53-40(3,4)5)35(48)43-30(21-28-13-9-7-10-14-28)17-18-33(29-15-11-8-12-16-29)46-39(51)52-24-32-22-41-26-55-32/h7-16,22,25-27,30,33-34H,17-21,23-24H2,1-6H3,(H,42,50)(H,43,48)(H,45,49)(H,46,51)/t30-,33-,34?/m1/s1. The fraction of sp³-hybridized carbons (Fsp3) is 0.450. The summed E-state index contributed by atoms with van der Waals surface area (Å²) in [6, 6.07) is 17.2. The molecule has 2 heterocycles. The SMILES string of the molecule is CC(C)c1nc(CN(C)C(=O)NC(CCNC(=O)OC(C)(C)C)C(=O)N[C@H](CC[C@@H](NC(=O)OCc2cncs2)c2ccccc2)Cc2ccccc2)cs1. The van der Waals surface area contributed by atoms with Gasteiger partial charge >= 0.3 is 18.2 Å². The molecule has 4 aromatic rings. The lowest BCUT2D eigenvalue weighted by Crippen LogP contribution is -2.53. The molecule has 0 spiro atoms. The molecule has 0 saturated heterocycles. The van der Waals surface area contributed by atoms with Crippen LogP contribution in [-0.2, 0) is 33.8 Å². The Bertz CT molecular complexity index is 1780. The summed E-state index contributed by atoms with van der Waals surface area (Å²) < 4.78 is 10.9.